The molecule has 0 radical (unpaired) electrons. The molecule has 6 heteroatoms. The standard InChI is InChI=1S/C22H22N2O4/c1-3-27-21-14-17(22(25)24-18-5-7-19(26-2)8-6-18)4-9-20(21)28-15-16-10-12-23-13-11-16/h4-14H,3,15H2,1-2H3,(H,24,25). The summed E-state index contributed by atoms with van der Waals surface area (Å²) < 4.78 is 16.6. The minimum absolute atomic E-state index is 0.230. The Labute approximate surface area is 164 Å². The van der Waals surface area contributed by atoms with Crippen LogP contribution in [0.2, 0.25) is 0 Å². The van der Waals surface area contributed by atoms with Crippen LogP contribution in [0, 0.1) is 0 Å². The molecular formula is C22H22N2O4. The fourth-order valence-electron chi connectivity index (χ4n) is 2.55. The first-order valence-electron chi connectivity index (χ1n) is 8.93. The largest absolute Gasteiger partial charge is 0.497 e. The zero-order valence-corrected chi connectivity index (χ0v) is 15.8. The molecule has 0 spiro atoms. The van der Waals surface area contributed by atoms with Gasteiger partial charge in [-0.1, -0.05) is 0 Å². The summed E-state index contributed by atoms with van der Waals surface area (Å²) in [6, 6.07) is 16.1. The highest BCUT2D eigenvalue weighted by Gasteiger charge is 2.12. The SMILES string of the molecule is CCOc1cc(C(=O)Nc2ccc(OC)cc2)ccc1OCc1ccncc1. The smallest absolute Gasteiger partial charge is 0.255 e. The molecule has 0 fully saturated rings. The number of hydrogen-bond acceptors (Lipinski definition) is 5. The average molecular weight is 378 g/mol. The minimum Gasteiger partial charge on any atom is -0.497 e. The lowest BCUT2D eigenvalue weighted by Crippen LogP contribution is -2.12. The molecule has 3 rings (SSSR count). The molecule has 0 bridgehead atoms. The lowest BCUT2D eigenvalue weighted by molar-refractivity contribution is 0.102. The van der Waals surface area contributed by atoms with Gasteiger partial charge in [0.25, 0.3) is 5.91 Å². The van der Waals surface area contributed by atoms with Crippen molar-refractivity contribution < 1.29 is 19.0 Å². The van der Waals surface area contributed by atoms with Gasteiger partial charge < -0.3 is 19.5 Å². The molecule has 1 aromatic heterocycles. The summed E-state index contributed by atoms with van der Waals surface area (Å²) in [5.41, 5.74) is 2.16. The summed E-state index contributed by atoms with van der Waals surface area (Å²) in [5, 5.41) is 2.86. The first-order chi connectivity index (χ1) is 13.7. The van der Waals surface area contributed by atoms with Gasteiger partial charge in [0, 0.05) is 23.6 Å². The number of nitrogens with zero attached hydrogens (tertiary/aromatic N) is 1. The number of amides is 1. The Kier molecular flexibility index (Phi) is 6.46. The van der Waals surface area contributed by atoms with Crippen molar-refractivity contribution in [1.82, 2.24) is 4.98 Å². The predicted octanol–water partition coefficient (Wildman–Crippen LogP) is 4.32. The highest BCUT2D eigenvalue weighted by molar-refractivity contribution is 6.04. The lowest BCUT2D eigenvalue weighted by atomic mass is 10.1. The number of nitrogens with one attached hydrogen (secondary N) is 1. The molecule has 0 aliphatic carbocycles. The van der Waals surface area contributed by atoms with Gasteiger partial charge in [0.05, 0.1) is 13.7 Å². The highest BCUT2D eigenvalue weighted by atomic mass is 16.5. The van der Waals surface area contributed by atoms with E-state index in [1.165, 1.54) is 0 Å². The second-order valence-corrected chi connectivity index (χ2v) is 5.92. The van der Waals surface area contributed by atoms with Gasteiger partial charge in [0.15, 0.2) is 11.5 Å². The van der Waals surface area contributed by atoms with Crippen LogP contribution in [-0.4, -0.2) is 24.6 Å². The van der Waals surface area contributed by atoms with E-state index in [4.69, 9.17) is 14.2 Å². The van der Waals surface area contributed by atoms with E-state index in [0.717, 1.165) is 11.3 Å². The number of carbonyl (C=O) groups is 1. The van der Waals surface area contributed by atoms with Gasteiger partial charge in [-0.2, -0.15) is 0 Å². The molecule has 2 aromatic carbocycles. The molecule has 0 saturated heterocycles. The van der Waals surface area contributed by atoms with E-state index in [0.29, 0.717) is 36.0 Å². The normalized spacial score (nSPS) is 10.2. The second-order valence-electron chi connectivity index (χ2n) is 5.92. The topological polar surface area (TPSA) is 69.7 Å². The zero-order chi connectivity index (χ0) is 19.8. The van der Waals surface area contributed by atoms with Crippen LogP contribution in [0.15, 0.2) is 67.0 Å². The van der Waals surface area contributed by atoms with Gasteiger partial charge in [-0.15, -0.1) is 0 Å². The Bertz CT molecular complexity index is 912. The van der Waals surface area contributed by atoms with Crippen LogP contribution in [0.1, 0.15) is 22.8 Å². The Morgan fingerprint density at radius 2 is 1.71 bits per heavy atom. The number of anilines is 1. The number of carbonyl (C=O) groups excluding carboxylic acids is 1. The van der Waals surface area contributed by atoms with Gasteiger partial charge in [0.1, 0.15) is 12.4 Å². The van der Waals surface area contributed by atoms with Crippen LogP contribution in [0.3, 0.4) is 0 Å². The van der Waals surface area contributed by atoms with E-state index < -0.39 is 0 Å². The first kappa shape index (κ1) is 19.2. The van der Waals surface area contributed by atoms with Crippen LogP contribution in [-0.2, 0) is 6.61 Å². The van der Waals surface area contributed by atoms with Crippen LogP contribution in [0.5, 0.6) is 17.2 Å². The Hall–Kier alpha value is -3.54. The number of aromatic nitrogens is 1. The molecule has 0 aliphatic rings. The summed E-state index contributed by atoms with van der Waals surface area (Å²) in [6.07, 6.45) is 3.43. The Morgan fingerprint density at radius 3 is 2.39 bits per heavy atom. The number of hydrogen-bond donors (Lipinski definition) is 1. The third-order valence-electron chi connectivity index (χ3n) is 4.00. The number of benzene rings is 2. The van der Waals surface area contributed by atoms with Crippen LogP contribution in [0.4, 0.5) is 5.69 Å². The third kappa shape index (κ3) is 5.01. The van der Waals surface area contributed by atoms with Gasteiger partial charge in [-0.05, 0) is 67.1 Å². The van der Waals surface area contributed by atoms with Gasteiger partial charge in [-0.3, -0.25) is 9.78 Å². The molecule has 0 atom stereocenters. The molecular weight excluding hydrogens is 356 g/mol. The minimum atomic E-state index is -0.230. The third-order valence-corrected chi connectivity index (χ3v) is 4.00. The number of ether oxygens (including phenoxy) is 3. The molecule has 1 N–H and O–H groups in total. The van der Waals surface area contributed by atoms with E-state index in [9.17, 15) is 4.79 Å². The number of rotatable bonds is 8. The maximum absolute atomic E-state index is 12.6. The summed E-state index contributed by atoms with van der Waals surface area (Å²) >= 11 is 0. The second kappa shape index (κ2) is 9.41. The summed E-state index contributed by atoms with van der Waals surface area (Å²) in [4.78, 5) is 16.6. The van der Waals surface area contributed by atoms with Crippen molar-refractivity contribution in [2.75, 3.05) is 19.0 Å². The van der Waals surface area contributed by atoms with Gasteiger partial charge >= 0.3 is 0 Å². The summed E-state index contributed by atoms with van der Waals surface area (Å²) in [6.45, 7) is 2.74. The van der Waals surface area contributed by atoms with E-state index in [2.05, 4.69) is 10.3 Å². The predicted molar refractivity (Wildman–Crippen MR) is 107 cm³/mol. The zero-order valence-electron chi connectivity index (χ0n) is 15.8. The number of methoxy groups -OCH3 is 1. The van der Waals surface area contributed by atoms with Crippen molar-refractivity contribution in [3.63, 3.8) is 0 Å². The molecule has 0 unspecified atom stereocenters. The van der Waals surface area contributed by atoms with Gasteiger partial charge in [0.2, 0.25) is 0 Å². The number of pyridine rings is 1. The van der Waals surface area contributed by atoms with E-state index >= 15 is 0 Å². The van der Waals surface area contributed by atoms with Crippen molar-refractivity contribution in [1.29, 1.82) is 0 Å². The van der Waals surface area contributed by atoms with Gasteiger partial charge in [-0.25, -0.2) is 0 Å². The first-order valence-corrected chi connectivity index (χ1v) is 8.93. The fourth-order valence-corrected chi connectivity index (χ4v) is 2.55. The quantitative estimate of drug-likeness (QED) is 0.632. The fraction of sp³-hybridized carbons (Fsp3) is 0.182. The summed E-state index contributed by atoms with van der Waals surface area (Å²) in [7, 11) is 1.60. The van der Waals surface area contributed by atoms with Crippen LogP contribution in [0.25, 0.3) is 0 Å². The molecule has 144 valence electrons. The van der Waals surface area contributed by atoms with Crippen molar-refractivity contribution in [3.05, 3.63) is 78.1 Å². The van der Waals surface area contributed by atoms with Crippen molar-refractivity contribution in [2.45, 2.75) is 13.5 Å². The van der Waals surface area contributed by atoms with E-state index in [-0.39, 0.29) is 5.91 Å². The lowest BCUT2D eigenvalue weighted by Gasteiger charge is -2.13. The van der Waals surface area contributed by atoms with Crippen molar-refractivity contribution >= 4 is 11.6 Å². The molecule has 3 aromatic rings. The molecule has 1 heterocycles. The average Bonchev–Trinajstić information content (AvgIpc) is 2.74. The van der Waals surface area contributed by atoms with Crippen molar-refractivity contribution in [2.24, 2.45) is 0 Å². The maximum atomic E-state index is 12.6. The van der Waals surface area contributed by atoms with E-state index in [1.54, 1.807) is 62.0 Å². The molecule has 6 nitrogen and oxygen atoms in total. The molecule has 28 heavy (non-hydrogen) atoms. The van der Waals surface area contributed by atoms with Crippen LogP contribution >= 0.6 is 0 Å². The van der Waals surface area contributed by atoms with Crippen molar-refractivity contribution in [3.8, 4) is 17.2 Å². The Morgan fingerprint density at radius 1 is 0.964 bits per heavy atom. The summed E-state index contributed by atoms with van der Waals surface area (Å²) in [5.74, 6) is 1.61. The Balaban J connectivity index is 1.72. The van der Waals surface area contributed by atoms with Crippen LogP contribution < -0.4 is 19.5 Å². The monoisotopic (exact) mass is 378 g/mol. The molecule has 1 amide bonds. The maximum Gasteiger partial charge on any atom is 0.255 e. The highest BCUT2D eigenvalue weighted by Crippen LogP contribution is 2.29. The molecule has 0 aliphatic heterocycles. The molecule has 0 saturated carbocycles. The van der Waals surface area contributed by atoms with E-state index in [1.807, 2.05) is 19.1 Å².